The van der Waals surface area contributed by atoms with Gasteiger partial charge in [-0.2, -0.15) is 5.10 Å². The zero-order chi connectivity index (χ0) is 17.5. The van der Waals surface area contributed by atoms with E-state index in [0.717, 1.165) is 31.6 Å². The predicted octanol–water partition coefficient (Wildman–Crippen LogP) is 4.41. The Morgan fingerprint density at radius 1 is 1.04 bits per heavy atom. The fraction of sp³-hybridized carbons (Fsp3) is 0.500. The second kappa shape index (κ2) is 8.67. The van der Waals surface area contributed by atoms with Crippen LogP contribution in [-0.4, -0.2) is 33.7 Å². The number of aromatic nitrogens is 2. The molecule has 0 aliphatic carbocycles. The zero-order valence-electron chi connectivity index (χ0n) is 15.3. The van der Waals surface area contributed by atoms with E-state index in [2.05, 4.69) is 32.8 Å². The average molecular weight is 327 g/mol. The summed E-state index contributed by atoms with van der Waals surface area (Å²) in [5.41, 5.74) is 1.62. The van der Waals surface area contributed by atoms with Crippen molar-refractivity contribution in [3.8, 4) is 5.69 Å². The first kappa shape index (κ1) is 18.2. The van der Waals surface area contributed by atoms with Crippen molar-refractivity contribution >= 4 is 5.91 Å². The van der Waals surface area contributed by atoms with Crippen LogP contribution >= 0.6 is 0 Å². The topological polar surface area (TPSA) is 38.1 Å². The number of carbonyl (C=O) groups excluding carboxylic acids is 1. The molecule has 1 aromatic carbocycles. The van der Waals surface area contributed by atoms with Crippen molar-refractivity contribution < 1.29 is 4.79 Å². The molecule has 0 aliphatic rings. The van der Waals surface area contributed by atoms with Crippen LogP contribution in [0.4, 0.5) is 0 Å². The molecule has 0 unspecified atom stereocenters. The third-order valence-corrected chi connectivity index (χ3v) is 4.09. The maximum atomic E-state index is 12.9. The Balaban J connectivity index is 2.11. The molecular weight excluding hydrogens is 298 g/mol. The summed E-state index contributed by atoms with van der Waals surface area (Å²) in [5, 5.41) is 4.35. The van der Waals surface area contributed by atoms with Crippen LogP contribution in [0.5, 0.6) is 0 Å². The van der Waals surface area contributed by atoms with Gasteiger partial charge >= 0.3 is 0 Å². The van der Waals surface area contributed by atoms with Gasteiger partial charge < -0.3 is 4.90 Å². The fourth-order valence-corrected chi connectivity index (χ4v) is 2.48. The van der Waals surface area contributed by atoms with E-state index in [4.69, 9.17) is 0 Å². The monoisotopic (exact) mass is 327 g/mol. The lowest BCUT2D eigenvalue weighted by atomic mass is 10.1. The molecule has 2 aromatic rings. The van der Waals surface area contributed by atoms with Crippen LogP contribution in [-0.2, 0) is 0 Å². The fourth-order valence-electron chi connectivity index (χ4n) is 2.48. The summed E-state index contributed by atoms with van der Waals surface area (Å²) in [7, 11) is 0. The van der Waals surface area contributed by atoms with Crippen molar-refractivity contribution in [2.75, 3.05) is 13.1 Å². The molecule has 0 saturated carbocycles. The van der Waals surface area contributed by atoms with E-state index in [-0.39, 0.29) is 5.91 Å². The van der Waals surface area contributed by atoms with E-state index in [1.54, 1.807) is 10.9 Å². The Morgan fingerprint density at radius 2 is 1.62 bits per heavy atom. The maximum absolute atomic E-state index is 12.9. The van der Waals surface area contributed by atoms with Crippen molar-refractivity contribution in [2.45, 2.75) is 40.5 Å². The van der Waals surface area contributed by atoms with Crippen molar-refractivity contribution in [1.82, 2.24) is 14.7 Å². The highest BCUT2D eigenvalue weighted by Crippen LogP contribution is 2.13. The molecule has 0 bridgehead atoms. The van der Waals surface area contributed by atoms with Gasteiger partial charge in [-0.05, 0) is 36.8 Å². The number of hydrogen-bond acceptors (Lipinski definition) is 2. The molecule has 0 saturated heterocycles. The lowest BCUT2D eigenvalue weighted by molar-refractivity contribution is 0.0741. The number of hydrogen-bond donors (Lipinski definition) is 0. The number of rotatable bonds is 8. The van der Waals surface area contributed by atoms with Gasteiger partial charge in [-0.3, -0.25) is 4.79 Å². The van der Waals surface area contributed by atoms with Crippen LogP contribution in [0.3, 0.4) is 0 Å². The van der Waals surface area contributed by atoms with Crippen LogP contribution in [0.1, 0.15) is 50.9 Å². The van der Waals surface area contributed by atoms with E-state index < -0.39 is 0 Å². The summed E-state index contributed by atoms with van der Waals surface area (Å²) in [4.78, 5) is 14.9. The quantitative estimate of drug-likeness (QED) is 0.720. The Hall–Kier alpha value is -2.10. The Kier molecular flexibility index (Phi) is 6.59. The Bertz CT molecular complexity index is 619. The zero-order valence-corrected chi connectivity index (χ0v) is 15.3. The van der Waals surface area contributed by atoms with E-state index in [0.29, 0.717) is 17.4 Å². The van der Waals surface area contributed by atoms with E-state index >= 15 is 0 Å². The third-order valence-electron chi connectivity index (χ3n) is 4.09. The lowest BCUT2D eigenvalue weighted by Crippen LogP contribution is -2.34. The van der Waals surface area contributed by atoms with Crippen molar-refractivity contribution in [3.63, 3.8) is 0 Å². The van der Waals surface area contributed by atoms with Gasteiger partial charge in [0.15, 0.2) is 0 Å². The van der Waals surface area contributed by atoms with E-state index in [1.165, 1.54) is 0 Å². The molecule has 0 aliphatic heterocycles. The first-order chi connectivity index (χ1) is 11.5. The van der Waals surface area contributed by atoms with Crippen LogP contribution in [0.2, 0.25) is 0 Å². The van der Waals surface area contributed by atoms with Crippen molar-refractivity contribution in [1.29, 1.82) is 0 Å². The smallest absolute Gasteiger partial charge is 0.257 e. The molecule has 2 rings (SSSR count). The molecule has 0 fully saturated rings. The Morgan fingerprint density at radius 3 is 2.17 bits per heavy atom. The molecule has 24 heavy (non-hydrogen) atoms. The third kappa shape index (κ3) is 5.22. The predicted molar refractivity (Wildman–Crippen MR) is 98.4 cm³/mol. The van der Waals surface area contributed by atoms with Crippen LogP contribution in [0, 0.1) is 11.8 Å². The number of nitrogens with zero attached hydrogens (tertiary/aromatic N) is 3. The van der Waals surface area contributed by atoms with Gasteiger partial charge in [-0.1, -0.05) is 45.9 Å². The molecule has 4 nitrogen and oxygen atoms in total. The normalized spacial score (nSPS) is 11.2. The number of benzene rings is 1. The largest absolute Gasteiger partial charge is 0.339 e. The number of carbonyl (C=O) groups is 1. The van der Waals surface area contributed by atoms with E-state index in [1.807, 2.05) is 41.4 Å². The maximum Gasteiger partial charge on any atom is 0.257 e. The summed E-state index contributed by atoms with van der Waals surface area (Å²) in [5.74, 6) is 1.26. The standard InChI is InChI=1S/C20H29N3O/c1-16(2)10-12-22(13-11-17(3)4)20(24)18-14-21-23(15-18)19-8-6-5-7-9-19/h5-9,14-17H,10-13H2,1-4H3. The SMILES string of the molecule is CC(C)CCN(CCC(C)C)C(=O)c1cnn(-c2ccccc2)c1. The summed E-state index contributed by atoms with van der Waals surface area (Å²) in [6.45, 7) is 10.4. The average Bonchev–Trinajstić information content (AvgIpc) is 3.04. The lowest BCUT2D eigenvalue weighted by Gasteiger charge is -2.24. The first-order valence-corrected chi connectivity index (χ1v) is 8.86. The molecule has 1 amide bonds. The van der Waals surface area contributed by atoms with Gasteiger partial charge in [0.25, 0.3) is 5.91 Å². The highest BCUT2D eigenvalue weighted by atomic mass is 16.2. The summed E-state index contributed by atoms with van der Waals surface area (Å²) in [6, 6.07) is 9.87. The minimum Gasteiger partial charge on any atom is -0.339 e. The van der Waals surface area contributed by atoms with Gasteiger partial charge in [-0.25, -0.2) is 4.68 Å². The molecule has 130 valence electrons. The second-order valence-electron chi connectivity index (χ2n) is 7.17. The molecule has 1 aromatic heterocycles. The van der Waals surface area contributed by atoms with Crippen LogP contribution in [0.15, 0.2) is 42.7 Å². The van der Waals surface area contributed by atoms with Crippen LogP contribution in [0.25, 0.3) is 5.69 Å². The summed E-state index contributed by atoms with van der Waals surface area (Å²) < 4.78 is 1.76. The van der Waals surface area contributed by atoms with Crippen LogP contribution < -0.4 is 0 Å². The molecule has 1 heterocycles. The van der Waals surface area contributed by atoms with Crippen molar-refractivity contribution in [2.24, 2.45) is 11.8 Å². The van der Waals surface area contributed by atoms with Gasteiger partial charge in [0.05, 0.1) is 17.4 Å². The summed E-state index contributed by atoms with van der Waals surface area (Å²) >= 11 is 0. The minimum absolute atomic E-state index is 0.0819. The number of amides is 1. The molecule has 0 radical (unpaired) electrons. The van der Waals surface area contributed by atoms with Gasteiger partial charge in [0.1, 0.15) is 0 Å². The summed E-state index contributed by atoms with van der Waals surface area (Å²) in [6.07, 6.45) is 5.55. The molecule has 0 atom stereocenters. The Labute approximate surface area is 145 Å². The molecular formula is C20H29N3O. The highest BCUT2D eigenvalue weighted by molar-refractivity contribution is 5.93. The van der Waals surface area contributed by atoms with Gasteiger partial charge in [-0.15, -0.1) is 0 Å². The van der Waals surface area contributed by atoms with E-state index in [9.17, 15) is 4.79 Å². The number of para-hydroxylation sites is 1. The highest BCUT2D eigenvalue weighted by Gasteiger charge is 2.18. The van der Waals surface area contributed by atoms with Gasteiger partial charge in [0.2, 0.25) is 0 Å². The van der Waals surface area contributed by atoms with Crippen molar-refractivity contribution in [3.05, 3.63) is 48.3 Å². The molecule has 4 heteroatoms. The first-order valence-electron chi connectivity index (χ1n) is 8.86. The molecule has 0 spiro atoms. The second-order valence-corrected chi connectivity index (χ2v) is 7.17. The van der Waals surface area contributed by atoms with Gasteiger partial charge in [0, 0.05) is 19.3 Å². The minimum atomic E-state index is 0.0819. The molecule has 0 N–H and O–H groups in total.